The maximum Gasteiger partial charge on any atom is 0.320 e. The van der Waals surface area contributed by atoms with Crippen molar-refractivity contribution in [1.29, 1.82) is 0 Å². The highest BCUT2D eigenvalue weighted by Crippen LogP contribution is 2.27. The fourth-order valence-corrected chi connectivity index (χ4v) is 2.38. The molecule has 2 aromatic carbocycles. The van der Waals surface area contributed by atoms with E-state index in [2.05, 4.69) is 20.5 Å². The lowest BCUT2D eigenvalue weighted by atomic mass is 10.2. The van der Waals surface area contributed by atoms with Crippen LogP contribution in [-0.2, 0) is 0 Å². The van der Waals surface area contributed by atoms with Crippen LogP contribution in [0.1, 0.15) is 0 Å². The Balaban J connectivity index is 1.63. The first-order valence-electron chi connectivity index (χ1n) is 7.14. The summed E-state index contributed by atoms with van der Waals surface area (Å²) in [4.78, 5) is 3.26. The topological polar surface area (TPSA) is 76.0 Å². The van der Waals surface area contributed by atoms with Crippen molar-refractivity contribution in [1.82, 2.24) is 15.2 Å². The van der Waals surface area contributed by atoms with Gasteiger partial charge in [-0.15, -0.1) is 5.10 Å². The van der Waals surface area contributed by atoms with Crippen LogP contribution in [-0.4, -0.2) is 22.3 Å². The van der Waals surface area contributed by atoms with E-state index < -0.39 is 0 Å². The molecule has 0 saturated heterocycles. The summed E-state index contributed by atoms with van der Waals surface area (Å²) in [6.45, 7) is 0. The zero-order valence-electron chi connectivity index (χ0n) is 12.4. The summed E-state index contributed by atoms with van der Waals surface area (Å²) in [6, 6.07) is 17.8. The Morgan fingerprint density at radius 1 is 1.04 bits per heavy atom. The molecule has 0 amide bonds. The number of methoxy groups -OCH3 is 1. The number of hydrogen-bond acceptors (Lipinski definition) is 5. The van der Waals surface area contributed by atoms with Crippen LogP contribution in [0.25, 0.3) is 22.5 Å². The number of nitrogens with one attached hydrogen (secondary N) is 2. The molecule has 0 atom stereocenters. The van der Waals surface area contributed by atoms with Crippen LogP contribution >= 0.6 is 0 Å². The number of fused-ring (bicyclic) bond motifs is 1. The SMILES string of the molecule is COc1ccc2[nH]c(-c3nnc(Nc4ccccc4)o3)cc2c1. The number of anilines is 2. The molecule has 6 nitrogen and oxygen atoms in total. The molecule has 0 spiro atoms. The number of ether oxygens (including phenoxy) is 1. The molecule has 0 aliphatic carbocycles. The molecule has 0 aliphatic rings. The number of para-hydroxylation sites is 1. The minimum atomic E-state index is 0.349. The Hall–Kier alpha value is -3.28. The smallest absolute Gasteiger partial charge is 0.320 e. The van der Waals surface area contributed by atoms with E-state index in [-0.39, 0.29) is 0 Å². The summed E-state index contributed by atoms with van der Waals surface area (Å²) < 4.78 is 10.9. The maximum absolute atomic E-state index is 5.66. The molecule has 6 heteroatoms. The van der Waals surface area contributed by atoms with Gasteiger partial charge < -0.3 is 19.5 Å². The van der Waals surface area contributed by atoms with Crippen LogP contribution in [0.4, 0.5) is 11.7 Å². The van der Waals surface area contributed by atoms with Crippen molar-refractivity contribution in [2.45, 2.75) is 0 Å². The summed E-state index contributed by atoms with van der Waals surface area (Å²) in [6.07, 6.45) is 0. The van der Waals surface area contributed by atoms with Crippen molar-refractivity contribution >= 4 is 22.6 Å². The molecule has 0 aliphatic heterocycles. The Bertz CT molecular complexity index is 944. The molecule has 2 heterocycles. The molecule has 0 unspecified atom stereocenters. The first-order chi connectivity index (χ1) is 11.3. The lowest BCUT2D eigenvalue weighted by Gasteiger charge is -1.98. The predicted molar refractivity (Wildman–Crippen MR) is 87.9 cm³/mol. The van der Waals surface area contributed by atoms with Gasteiger partial charge in [-0.1, -0.05) is 23.3 Å². The summed E-state index contributed by atoms with van der Waals surface area (Å²) in [7, 11) is 1.65. The van der Waals surface area contributed by atoms with Gasteiger partial charge in [0.15, 0.2) is 0 Å². The van der Waals surface area contributed by atoms with Gasteiger partial charge in [-0.3, -0.25) is 0 Å². The summed E-state index contributed by atoms with van der Waals surface area (Å²) >= 11 is 0. The third-order valence-electron chi connectivity index (χ3n) is 3.51. The van der Waals surface area contributed by atoms with E-state index in [1.165, 1.54) is 0 Å². The quantitative estimate of drug-likeness (QED) is 0.596. The first-order valence-corrected chi connectivity index (χ1v) is 7.14. The van der Waals surface area contributed by atoms with Gasteiger partial charge in [0.25, 0.3) is 5.89 Å². The molecule has 23 heavy (non-hydrogen) atoms. The third-order valence-corrected chi connectivity index (χ3v) is 3.51. The number of nitrogens with zero attached hydrogens (tertiary/aromatic N) is 2. The minimum Gasteiger partial charge on any atom is -0.497 e. The summed E-state index contributed by atoms with van der Waals surface area (Å²) in [5.74, 6) is 1.23. The van der Waals surface area contributed by atoms with Crippen LogP contribution < -0.4 is 10.1 Å². The monoisotopic (exact) mass is 306 g/mol. The van der Waals surface area contributed by atoms with Crippen molar-refractivity contribution in [2.24, 2.45) is 0 Å². The zero-order chi connectivity index (χ0) is 15.6. The van der Waals surface area contributed by atoms with Gasteiger partial charge in [0.2, 0.25) is 0 Å². The van der Waals surface area contributed by atoms with E-state index in [1.807, 2.05) is 54.6 Å². The normalized spacial score (nSPS) is 10.8. The molecule has 114 valence electrons. The van der Waals surface area contributed by atoms with Gasteiger partial charge in [-0.05, 0) is 36.4 Å². The Kier molecular flexibility index (Phi) is 3.20. The summed E-state index contributed by atoms with van der Waals surface area (Å²) in [5.41, 5.74) is 2.64. The fraction of sp³-hybridized carbons (Fsp3) is 0.0588. The predicted octanol–water partition coefficient (Wildman–Crippen LogP) is 3.97. The van der Waals surface area contributed by atoms with Gasteiger partial charge in [-0.2, -0.15) is 0 Å². The van der Waals surface area contributed by atoms with E-state index in [4.69, 9.17) is 9.15 Å². The highest BCUT2D eigenvalue weighted by Gasteiger charge is 2.12. The minimum absolute atomic E-state index is 0.349. The Labute approximate surface area is 132 Å². The Morgan fingerprint density at radius 2 is 1.91 bits per heavy atom. The molecule has 2 N–H and O–H groups in total. The van der Waals surface area contributed by atoms with Crippen molar-refractivity contribution in [3.63, 3.8) is 0 Å². The molecule has 2 aromatic heterocycles. The average molecular weight is 306 g/mol. The van der Waals surface area contributed by atoms with Gasteiger partial charge in [-0.25, -0.2) is 0 Å². The third kappa shape index (κ3) is 2.62. The second-order valence-corrected chi connectivity index (χ2v) is 5.04. The lowest BCUT2D eigenvalue weighted by molar-refractivity contribution is 0.415. The molecule has 0 saturated carbocycles. The molecular formula is C17H14N4O2. The number of rotatable bonds is 4. The van der Waals surface area contributed by atoms with Crippen LogP contribution in [0.2, 0.25) is 0 Å². The highest BCUT2D eigenvalue weighted by atomic mass is 16.5. The number of H-pyrrole nitrogens is 1. The highest BCUT2D eigenvalue weighted by molar-refractivity contribution is 5.85. The van der Waals surface area contributed by atoms with Gasteiger partial charge in [0, 0.05) is 16.6 Å². The molecule has 0 fully saturated rings. The fourth-order valence-electron chi connectivity index (χ4n) is 2.38. The second-order valence-electron chi connectivity index (χ2n) is 5.04. The van der Waals surface area contributed by atoms with E-state index in [0.717, 1.165) is 28.0 Å². The van der Waals surface area contributed by atoms with Crippen molar-refractivity contribution < 1.29 is 9.15 Å². The zero-order valence-corrected chi connectivity index (χ0v) is 12.4. The van der Waals surface area contributed by atoms with Gasteiger partial charge in [0.05, 0.1) is 7.11 Å². The number of aromatic amines is 1. The Morgan fingerprint density at radius 3 is 2.74 bits per heavy atom. The molecule has 4 aromatic rings. The van der Waals surface area contributed by atoms with Crippen LogP contribution in [0, 0.1) is 0 Å². The standard InChI is InChI=1S/C17H14N4O2/c1-22-13-7-8-14-11(9-13)10-15(19-14)16-20-21-17(23-16)18-12-5-3-2-4-6-12/h2-10,19H,1H3,(H,18,21). The van der Waals surface area contributed by atoms with E-state index >= 15 is 0 Å². The van der Waals surface area contributed by atoms with Crippen molar-refractivity contribution in [2.75, 3.05) is 12.4 Å². The summed E-state index contributed by atoms with van der Waals surface area (Å²) in [5, 5.41) is 12.2. The van der Waals surface area contributed by atoms with Crippen molar-refractivity contribution in [3.05, 3.63) is 54.6 Å². The maximum atomic E-state index is 5.66. The van der Waals surface area contributed by atoms with Crippen LogP contribution in [0.5, 0.6) is 5.75 Å². The van der Waals surface area contributed by atoms with Gasteiger partial charge >= 0.3 is 6.01 Å². The lowest BCUT2D eigenvalue weighted by Crippen LogP contribution is -1.88. The number of hydrogen-bond donors (Lipinski definition) is 2. The number of aromatic nitrogens is 3. The second kappa shape index (κ2) is 5.49. The molecule has 0 radical (unpaired) electrons. The van der Waals surface area contributed by atoms with Crippen molar-refractivity contribution in [3.8, 4) is 17.3 Å². The van der Waals surface area contributed by atoms with E-state index in [9.17, 15) is 0 Å². The molecular weight excluding hydrogens is 292 g/mol. The van der Waals surface area contributed by atoms with E-state index in [1.54, 1.807) is 7.11 Å². The largest absolute Gasteiger partial charge is 0.497 e. The molecule has 4 rings (SSSR count). The van der Waals surface area contributed by atoms with Crippen LogP contribution in [0.15, 0.2) is 59.0 Å². The van der Waals surface area contributed by atoms with E-state index in [0.29, 0.717) is 11.9 Å². The van der Waals surface area contributed by atoms with Crippen LogP contribution in [0.3, 0.4) is 0 Å². The first kappa shape index (κ1) is 13.4. The van der Waals surface area contributed by atoms with Gasteiger partial charge in [0.1, 0.15) is 11.4 Å². The number of benzene rings is 2. The average Bonchev–Trinajstić information content (AvgIpc) is 3.21. The molecule has 0 bridgehead atoms.